The van der Waals surface area contributed by atoms with Gasteiger partial charge in [0, 0.05) is 25.2 Å². The number of thioether (sulfide) groups is 1. The Balaban J connectivity index is 1.82. The third kappa shape index (κ3) is 4.65. The molecule has 2 aromatic rings. The minimum Gasteiger partial charge on any atom is -0.491 e. The number of aliphatic hydroxyl groups is 1. The minimum atomic E-state index is -0.538. The van der Waals surface area contributed by atoms with Crippen molar-refractivity contribution in [2.75, 3.05) is 12.4 Å². The number of allylic oxidation sites excluding steroid dienone is 1. The molecule has 0 bridgehead atoms. The van der Waals surface area contributed by atoms with Gasteiger partial charge < -0.3 is 14.4 Å². The average Bonchev–Trinajstić information content (AvgIpc) is 2.90. The van der Waals surface area contributed by atoms with E-state index in [0.29, 0.717) is 5.75 Å². The van der Waals surface area contributed by atoms with E-state index in [0.717, 1.165) is 22.9 Å². The van der Waals surface area contributed by atoms with Crippen LogP contribution in [0.5, 0.6) is 5.75 Å². The highest BCUT2D eigenvalue weighted by Crippen LogP contribution is 2.20. The van der Waals surface area contributed by atoms with E-state index in [4.69, 9.17) is 4.74 Å². The maximum Gasteiger partial charge on any atom is 0.167 e. The van der Waals surface area contributed by atoms with Gasteiger partial charge in [0.1, 0.15) is 12.4 Å². The zero-order valence-electron chi connectivity index (χ0n) is 12.1. The van der Waals surface area contributed by atoms with Crippen LogP contribution in [0.25, 0.3) is 0 Å². The lowest BCUT2D eigenvalue weighted by Crippen LogP contribution is -2.20. The molecule has 1 atom stereocenters. The molecule has 0 radical (unpaired) electrons. The van der Waals surface area contributed by atoms with Crippen LogP contribution in [0.4, 0.5) is 0 Å². The Labute approximate surface area is 129 Å². The smallest absolute Gasteiger partial charge is 0.167 e. The first kappa shape index (κ1) is 15.7. The van der Waals surface area contributed by atoms with Crippen LogP contribution in [-0.4, -0.2) is 33.1 Å². The number of aryl methyl sites for hydroxylation is 1. The fourth-order valence-corrected chi connectivity index (χ4v) is 2.70. The number of nitrogens with zero attached hydrogens (tertiary/aromatic N) is 2. The number of para-hydroxylation sites is 1. The van der Waals surface area contributed by atoms with Crippen LogP contribution in [-0.2, 0) is 13.5 Å². The summed E-state index contributed by atoms with van der Waals surface area (Å²) in [6.07, 6.45) is 5.70. The third-order valence-electron chi connectivity index (χ3n) is 2.95. The molecule has 0 aliphatic carbocycles. The fourth-order valence-electron chi connectivity index (χ4n) is 1.86. The van der Waals surface area contributed by atoms with Crippen molar-refractivity contribution in [3.8, 4) is 5.75 Å². The molecule has 0 saturated heterocycles. The van der Waals surface area contributed by atoms with Crippen molar-refractivity contribution in [3.63, 3.8) is 0 Å². The summed E-state index contributed by atoms with van der Waals surface area (Å²) in [6.45, 7) is 4.01. The van der Waals surface area contributed by atoms with Crippen molar-refractivity contribution in [3.05, 3.63) is 54.9 Å². The Kier molecular flexibility index (Phi) is 5.90. The zero-order valence-corrected chi connectivity index (χ0v) is 12.9. The maximum absolute atomic E-state index is 10.0. The molecule has 1 heterocycles. The number of rotatable bonds is 8. The predicted molar refractivity (Wildman–Crippen MR) is 85.8 cm³/mol. The molecule has 1 unspecified atom stereocenters. The van der Waals surface area contributed by atoms with Gasteiger partial charge in [0.15, 0.2) is 5.16 Å². The van der Waals surface area contributed by atoms with Crippen LogP contribution in [0.3, 0.4) is 0 Å². The molecule has 0 aliphatic heterocycles. The Hall–Kier alpha value is -1.72. The van der Waals surface area contributed by atoms with Crippen molar-refractivity contribution >= 4 is 11.8 Å². The Bertz CT molecular complexity index is 583. The zero-order chi connectivity index (χ0) is 15.1. The molecule has 1 N–H and O–H groups in total. The van der Waals surface area contributed by atoms with Crippen LogP contribution in [0, 0.1) is 0 Å². The number of hydrogen-bond acceptors (Lipinski definition) is 4. The molecular formula is C16H20N2O2S. The Morgan fingerprint density at radius 3 is 3.00 bits per heavy atom. The molecule has 0 fully saturated rings. The molecule has 0 spiro atoms. The van der Waals surface area contributed by atoms with Gasteiger partial charge in [-0.15, -0.1) is 6.58 Å². The van der Waals surface area contributed by atoms with E-state index in [1.54, 1.807) is 6.20 Å². The normalized spacial score (nSPS) is 12.1. The standard InChI is InChI=1S/C16H20N2O2S/c1-3-6-13-7-4-5-8-15(13)20-11-14(19)12-21-16-17-9-10-18(16)2/h3-5,7-10,14,19H,1,6,11-12H2,2H3. The van der Waals surface area contributed by atoms with E-state index in [2.05, 4.69) is 11.6 Å². The summed E-state index contributed by atoms with van der Waals surface area (Å²) in [5, 5.41) is 10.9. The number of hydrogen-bond donors (Lipinski definition) is 1. The monoisotopic (exact) mass is 304 g/mol. The van der Waals surface area contributed by atoms with Gasteiger partial charge in [-0.1, -0.05) is 36.0 Å². The number of imidazole rings is 1. The van der Waals surface area contributed by atoms with E-state index in [1.807, 2.05) is 48.2 Å². The van der Waals surface area contributed by atoms with Crippen molar-refractivity contribution in [1.82, 2.24) is 9.55 Å². The lowest BCUT2D eigenvalue weighted by Gasteiger charge is -2.14. The Morgan fingerprint density at radius 1 is 1.48 bits per heavy atom. The topological polar surface area (TPSA) is 47.3 Å². The minimum absolute atomic E-state index is 0.269. The molecule has 0 amide bonds. The van der Waals surface area contributed by atoms with Gasteiger partial charge in [-0.05, 0) is 18.1 Å². The van der Waals surface area contributed by atoms with Crippen LogP contribution < -0.4 is 4.74 Å². The summed E-state index contributed by atoms with van der Waals surface area (Å²) in [5.74, 6) is 1.35. The number of benzene rings is 1. The summed E-state index contributed by atoms with van der Waals surface area (Å²) in [5.41, 5.74) is 1.08. The van der Waals surface area contributed by atoms with Gasteiger partial charge in [0.05, 0.1) is 6.10 Å². The van der Waals surface area contributed by atoms with Crippen LogP contribution in [0.2, 0.25) is 0 Å². The third-order valence-corrected chi connectivity index (χ3v) is 4.15. The van der Waals surface area contributed by atoms with Crippen LogP contribution >= 0.6 is 11.8 Å². The first-order valence-corrected chi connectivity index (χ1v) is 7.79. The highest BCUT2D eigenvalue weighted by molar-refractivity contribution is 7.99. The lowest BCUT2D eigenvalue weighted by atomic mass is 10.1. The largest absolute Gasteiger partial charge is 0.491 e. The molecule has 21 heavy (non-hydrogen) atoms. The molecular weight excluding hydrogens is 284 g/mol. The van der Waals surface area contributed by atoms with Crippen molar-refractivity contribution in [1.29, 1.82) is 0 Å². The van der Waals surface area contributed by atoms with Crippen molar-refractivity contribution in [2.45, 2.75) is 17.7 Å². The number of aliphatic hydroxyl groups excluding tert-OH is 1. The van der Waals surface area contributed by atoms with Crippen LogP contribution in [0.15, 0.2) is 54.5 Å². The summed E-state index contributed by atoms with van der Waals surface area (Å²) in [6, 6.07) is 7.82. The summed E-state index contributed by atoms with van der Waals surface area (Å²) < 4.78 is 7.64. The quantitative estimate of drug-likeness (QED) is 0.602. The highest BCUT2D eigenvalue weighted by Gasteiger charge is 2.10. The molecule has 4 nitrogen and oxygen atoms in total. The molecule has 1 aromatic heterocycles. The van der Waals surface area contributed by atoms with E-state index < -0.39 is 6.10 Å². The van der Waals surface area contributed by atoms with Crippen molar-refractivity contribution < 1.29 is 9.84 Å². The summed E-state index contributed by atoms with van der Waals surface area (Å²) in [7, 11) is 1.93. The molecule has 112 valence electrons. The first-order valence-electron chi connectivity index (χ1n) is 6.80. The highest BCUT2D eigenvalue weighted by atomic mass is 32.2. The predicted octanol–water partition coefficient (Wildman–Crippen LogP) is 2.68. The van der Waals surface area contributed by atoms with Gasteiger partial charge >= 0.3 is 0 Å². The van der Waals surface area contributed by atoms with Gasteiger partial charge in [-0.2, -0.15) is 0 Å². The summed E-state index contributed by atoms with van der Waals surface area (Å²) in [4.78, 5) is 4.21. The van der Waals surface area contributed by atoms with Crippen molar-refractivity contribution in [2.24, 2.45) is 7.05 Å². The molecule has 2 rings (SSSR count). The van der Waals surface area contributed by atoms with Gasteiger partial charge in [-0.3, -0.25) is 0 Å². The molecule has 5 heteroatoms. The van der Waals surface area contributed by atoms with Crippen LogP contribution in [0.1, 0.15) is 5.56 Å². The van der Waals surface area contributed by atoms with Gasteiger partial charge in [0.2, 0.25) is 0 Å². The Morgan fingerprint density at radius 2 is 2.29 bits per heavy atom. The number of ether oxygens (including phenoxy) is 1. The van der Waals surface area contributed by atoms with E-state index in [-0.39, 0.29) is 6.61 Å². The maximum atomic E-state index is 10.0. The van der Waals surface area contributed by atoms with E-state index in [1.165, 1.54) is 11.8 Å². The second kappa shape index (κ2) is 7.90. The van der Waals surface area contributed by atoms with E-state index >= 15 is 0 Å². The second-order valence-electron chi connectivity index (χ2n) is 4.70. The fraction of sp³-hybridized carbons (Fsp3) is 0.312. The first-order chi connectivity index (χ1) is 10.2. The number of aromatic nitrogens is 2. The van der Waals surface area contributed by atoms with Gasteiger partial charge in [-0.25, -0.2) is 4.98 Å². The molecule has 0 aliphatic rings. The van der Waals surface area contributed by atoms with Gasteiger partial charge in [0.25, 0.3) is 0 Å². The molecule has 1 aromatic carbocycles. The van der Waals surface area contributed by atoms with E-state index in [9.17, 15) is 5.11 Å². The lowest BCUT2D eigenvalue weighted by molar-refractivity contribution is 0.126. The second-order valence-corrected chi connectivity index (χ2v) is 5.68. The summed E-state index contributed by atoms with van der Waals surface area (Å²) >= 11 is 1.52. The molecule has 0 saturated carbocycles. The average molecular weight is 304 g/mol. The SMILES string of the molecule is C=CCc1ccccc1OCC(O)CSc1nccn1C.